The van der Waals surface area contributed by atoms with Crippen molar-refractivity contribution < 1.29 is 9.53 Å². The number of carbonyl (C=O) groups is 1. The topological polar surface area (TPSA) is 55.6 Å². The number of anilines is 1. The Balaban J connectivity index is 2.08. The first-order chi connectivity index (χ1) is 14.6. The van der Waals surface area contributed by atoms with Gasteiger partial charge in [-0.05, 0) is 83.2 Å². The minimum Gasteiger partial charge on any atom is -0.426 e. The fourth-order valence-electron chi connectivity index (χ4n) is 4.12. The zero-order valence-electron chi connectivity index (χ0n) is 21.0. The summed E-state index contributed by atoms with van der Waals surface area (Å²) in [5, 5.41) is 3.76. The van der Waals surface area contributed by atoms with Crippen LogP contribution in [-0.2, 0) is 4.79 Å². The first-order valence-corrected chi connectivity index (χ1v) is 11.2. The van der Waals surface area contributed by atoms with Crippen LogP contribution in [0.4, 0.5) is 5.82 Å². The molecule has 0 aliphatic heterocycles. The van der Waals surface area contributed by atoms with E-state index in [1.807, 2.05) is 45.0 Å². The number of nitrogens with zero attached hydrogens (tertiary/aromatic N) is 2. The summed E-state index contributed by atoms with van der Waals surface area (Å²) in [6, 6.07) is 11.8. The Morgan fingerprint density at radius 3 is 2.34 bits per heavy atom. The van der Waals surface area contributed by atoms with Gasteiger partial charge in [-0.25, -0.2) is 4.98 Å². The SMILES string of the molecule is Cc1ccn2c(NC(C)(C)CC(C)(C)C)c(-c3cccc(OC(=O)C(C)(C)C)c3)nc2c1. The van der Waals surface area contributed by atoms with E-state index in [1.54, 1.807) is 0 Å². The van der Waals surface area contributed by atoms with Gasteiger partial charge < -0.3 is 10.1 Å². The molecular formula is C27H37N3O2. The lowest BCUT2D eigenvalue weighted by Gasteiger charge is -2.34. The van der Waals surface area contributed by atoms with E-state index in [-0.39, 0.29) is 16.9 Å². The van der Waals surface area contributed by atoms with Gasteiger partial charge in [-0.2, -0.15) is 0 Å². The Morgan fingerprint density at radius 1 is 1.03 bits per heavy atom. The number of ether oxygens (including phenoxy) is 1. The number of aryl methyl sites for hydroxylation is 1. The molecule has 0 amide bonds. The maximum Gasteiger partial charge on any atom is 0.316 e. The minimum atomic E-state index is -0.569. The molecule has 5 nitrogen and oxygen atoms in total. The van der Waals surface area contributed by atoms with Crippen LogP contribution in [0.25, 0.3) is 16.9 Å². The molecular weight excluding hydrogens is 398 g/mol. The van der Waals surface area contributed by atoms with Gasteiger partial charge in [-0.3, -0.25) is 9.20 Å². The second kappa shape index (κ2) is 8.27. The summed E-state index contributed by atoms with van der Waals surface area (Å²) in [4.78, 5) is 17.3. The van der Waals surface area contributed by atoms with Gasteiger partial charge in [-0.1, -0.05) is 32.9 Å². The molecule has 1 aromatic carbocycles. The van der Waals surface area contributed by atoms with E-state index in [4.69, 9.17) is 9.72 Å². The third-order valence-electron chi connectivity index (χ3n) is 5.14. The lowest BCUT2D eigenvalue weighted by Crippen LogP contribution is -2.36. The maximum atomic E-state index is 12.4. The molecule has 1 N–H and O–H groups in total. The van der Waals surface area contributed by atoms with E-state index in [1.165, 1.54) is 0 Å². The highest BCUT2D eigenvalue weighted by molar-refractivity contribution is 5.80. The highest BCUT2D eigenvalue weighted by Crippen LogP contribution is 2.36. The summed E-state index contributed by atoms with van der Waals surface area (Å²) in [5.74, 6) is 1.20. The Labute approximate surface area is 192 Å². The summed E-state index contributed by atoms with van der Waals surface area (Å²) in [6.45, 7) is 18.8. The molecule has 32 heavy (non-hydrogen) atoms. The molecule has 0 bridgehead atoms. The van der Waals surface area contributed by atoms with Crippen LogP contribution in [0, 0.1) is 17.8 Å². The molecule has 3 rings (SSSR count). The molecule has 0 fully saturated rings. The minimum absolute atomic E-state index is 0.149. The maximum absolute atomic E-state index is 12.4. The molecule has 172 valence electrons. The Bertz CT molecular complexity index is 1130. The van der Waals surface area contributed by atoms with Gasteiger partial charge in [0.15, 0.2) is 0 Å². The van der Waals surface area contributed by atoms with Gasteiger partial charge in [0.1, 0.15) is 22.9 Å². The largest absolute Gasteiger partial charge is 0.426 e. The number of carbonyl (C=O) groups excluding carboxylic acids is 1. The normalized spacial score (nSPS) is 12.8. The predicted molar refractivity (Wildman–Crippen MR) is 132 cm³/mol. The number of hydrogen-bond donors (Lipinski definition) is 1. The second-order valence-corrected chi connectivity index (χ2v) is 11.7. The van der Waals surface area contributed by atoms with Crippen molar-refractivity contribution in [1.29, 1.82) is 0 Å². The quantitative estimate of drug-likeness (QED) is 0.350. The zero-order chi connectivity index (χ0) is 23.9. The van der Waals surface area contributed by atoms with Crippen LogP contribution in [0.1, 0.15) is 67.4 Å². The van der Waals surface area contributed by atoms with Crippen LogP contribution in [0.2, 0.25) is 0 Å². The average Bonchev–Trinajstić information content (AvgIpc) is 2.96. The third kappa shape index (κ3) is 5.70. The van der Waals surface area contributed by atoms with E-state index >= 15 is 0 Å². The van der Waals surface area contributed by atoms with Crippen LogP contribution < -0.4 is 10.1 Å². The lowest BCUT2D eigenvalue weighted by atomic mass is 9.82. The van der Waals surface area contributed by atoms with Crippen LogP contribution in [0.15, 0.2) is 42.6 Å². The van der Waals surface area contributed by atoms with E-state index < -0.39 is 5.41 Å². The van der Waals surface area contributed by atoms with Crippen molar-refractivity contribution >= 4 is 17.4 Å². The van der Waals surface area contributed by atoms with Crippen molar-refractivity contribution in [2.45, 2.75) is 74.3 Å². The first kappa shape index (κ1) is 23.8. The highest BCUT2D eigenvalue weighted by atomic mass is 16.5. The summed E-state index contributed by atoms with van der Waals surface area (Å²) < 4.78 is 7.74. The van der Waals surface area contributed by atoms with E-state index in [9.17, 15) is 4.79 Å². The summed E-state index contributed by atoms with van der Waals surface area (Å²) in [7, 11) is 0. The molecule has 5 heteroatoms. The van der Waals surface area contributed by atoms with Gasteiger partial charge in [0.25, 0.3) is 0 Å². The second-order valence-electron chi connectivity index (χ2n) is 11.7. The van der Waals surface area contributed by atoms with Crippen LogP contribution in [0.3, 0.4) is 0 Å². The molecule has 0 aliphatic carbocycles. The van der Waals surface area contributed by atoms with Crippen molar-refractivity contribution in [2.24, 2.45) is 10.8 Å². The Kier molecular flexibility index (Phi) is 6.16. The molecule has 3 aromatic rings. The predicted octanol–water partition coefficient (Wildman–Crippen LogP) is 6.89. The van der Waals surface area contributed by atoms with Crippen molar-refractivity contribution in [2.75, 3.05) is 5.32 Å². The number of pyridine rings is 1. The van der Waals surface area contributed by atoms with Crippen molar-refractivity contribution in [3.63, 3.8) is 0 Å². The van der Waals surface area contributed by atoms with Crippen molar-refractivity contribution in [3.8, 4) is 17.0 Å². The fourth-order valence-corrected chi connectivity index (χ4v) is 4.12. The molecule has 2 heterocycles. The highest BCUT2D eigenvalue weighted by Gasteiger charge is 2.28. The summed E-state index contributed by atoms with van der Waals surface area (Å²) in [6.07, 6.45) is 3.04. The Hall–Kier alpha value is -2.82. The summed E-state index contributed by atoms with van der Waals surface area (Å²) >= 11 is 0. The molecule has 0 saturated heterocycles. The van der Waals surface area contributed by atoms with Gasteiger partial charge in [0.05, 0.1) is 5.41 Å². The number of imidazole rings is 1. The number of esters is 1. The lowest BCUT2D eigenvalue weighted by molar-refractivity contribution is -0.142. The standard InChI is InChI=1S/C27H37N3O2/c1-18-13-14-30-21(15-18)28-22(23(30)29-27(8,9)17-25(2,3)4)19-11-10-12-20(16-19)32-24(31)26(5,6)7/h10-16,29H,17H2,1-9H3. The van der Waals surface area contributed by atoms with Gasteiger partial charge in [0.2, 0.25) is 0 Å². The molecule has 0 radical (unpaired) electrons. The molecule has 0 atom stereocenters. The molecule has 0 spiro atoms. The number of rotatable bonds is 5. The number of benzene rings is 1. The summed E-state index contributed by atoms with van der Waals surface area (Å²) in [5.41, 5.74) is 3.23. The molecule has 0 aliphatic rings. The average molecular weight is 436 g/mol. The monoisotopic (exact) mass is 435 g/mol. The third-order valence-corrected chi connectivity index (χ3v) is 5.14. The van der Waals surface area contributed by atoms with Crippen LogP contribution in [-0.4, -0.2) is 20.9 Å². The number of hydrogen-bond acceptors (Lipinski definition) is 4. The fraction of sp³-hybridized carbons (Fsp3) is 0.481. The van der Waals surface area contributed by atoms with Crippen LogP contribution in [0.5, 0.6) is 5.75 Å². The first-order valence-electron chi connectivity index (χ1n) is 11.2. The van der Waals surface area contributed by atoms with Gasteiger partial charge >= 0.3 is 5.97 Å². The zero-order valence-corrected chi connectivity index (χ0v) is 21.0. The number of nitrogens with one attached hydrogen (secondary N) is 1. The molecule has 0 saturated carbocycles. The van der Waals surface area contributed by atoms with Gasteiger partial charge in [-0.15, -0.1) is 0 Å². The van der Waals surface area contributed by atoms with Crippen molar-refractivity contribution in [3.05, 3.63) is 48.2 Å². The van der Waals surface area contributed by atoms with E-state index in [0.717, 1.165) is 34.7 Å². The van der Waals surface area contributed by atoms with E-state index in [0.29, 0.717) is 5.75 Å². The van der Waals surface area contributed by atoms with E-state index in [2.05, 4.69) is 69.6 Å². The van der Waals surface area contributed by atoms with Crippen LogP contribution >= 0.6 is 0 Å². The smallest absolute Gasteiger partial charge is 0.316 e. The Morgan fingerprint density at radius 2 is 1.72 bits per heavy atom. The molecule has 0 unspecified atom stereocenters. The number of aromatic nitrogens is 2. The molecule has 2 aromatic heterocycles. The van der Waals surface area contributed by atoms with Gasteiger partial charge in [0, 0.05) is 17.3 Å². The number of fused-ring (bicyclic) bond motifs is 1. The van der Waals surface area contributed by atoms with Crippen molar-refractivity contribution in [1.82, 2.24) is 9.38 Å².